The number of hydrogen-bond acceptors (Lipinski definition) is 2. The van der Waals surface area contributed by atoms with Gasteiger partial charge in [-0.1, -0.05) is 32.0 Å². The van der Waals surface area contributed by atoms with Crippen molar-refractivity contribution in [2.24, 2.45) is 11.8 Å². The summed E-state index contributed by atoms with van der Waals surface area (Å²) in [5.74, 6) is -1.62. The van der Waals surface area contributed by atoms with Crippen molar-refractivity contribution in [2.75, 3.05) is 0 Å². The summed E-state index contributed by atoms with van der Waals surface area (Å²) in [6.45, 7) is 3.16. The summed E-state index contributed by atoms with van der Waals surface area (Å²) in [6.07, 6.45) is -4.46. The third-order valence-corrected chi connectivity index (χ3v) is 2.86. The summed E-state index contributed by atoms with van der Waals surface area (Å²) >= 11 is 0. The number of carbonyl (C=O) groups is 1. The number of nitrogens with zero attached hydrogens (tertiary/aromatic N) is 1. The molecule has 0 bridgehead atoms. The minimum absolute atomic E-state index is 0.0196. The van der Waals surface area contributed by atoms with Gasteiger partial charge in [0, 0.05) is 6.54 Å². The number of amides is 1. The summed E-state index contributed by atoms with van der Waals surface area (Å²) < 4.78 is 38.3. The second-order valence-corrected chi connectivity index (χ2v) is 4.72. The largest absolute Gasteiger partial charge is 0.416 e. The monoisotopic (exact) mass is 284 g/mol. The highest BCUT2D eigenvalue weighted by Gasteiger charge is 2.33. The van der Waals surface area contributed by atoms with Crippen LogP contribution in [0.5, 0.6) is 0 Å². The van der Waals surface area contributed by atoms with E-state index in [4.69, 9.17) is 5.26 Å². The van der Waals surface area contributed by atoms with Crippen molar-refractivity contribution in [3.63, 3.8) is 0 Å². The van der Waals surface area contributed by atoms with Crippen LogP contribution in [0.2, 0.25) is 0 Å². The Morgan fingerprint density at radius 3 is 2.45 bits per heavy atom. The van der Waals surface area contributed by atoms with E-state index in [9.17, 15) is 18.0 Å². The third kappa shape index (κ3) is 3.98. The van der Waals surface area contributed by atoms with Gasteiger partial charge in [0.25, 0.3) is 0 Å². The van der Waals surface area contributed by atoms with Gasteiger partial charge in [0.1, 0.15) is 5.92 Å². The van der Waals surface area contributed by atoms with Crippen molar-refractivity contribution in [1.82, 2.24) is 5.32 Å². The second-order valence-electron chi connectivity index (χ2n) is 4.72. The number of halogens is 3. The van der Waals surface area contributed by atoms with Gasteiger partial charge in [0.05, 0.1) is 11.6 Å². The first-order chi connectivity index (χ1) is 9.27. The fourth-order valence-corrected chi connectivity index (χ4v) is 1.75. The number of benzene rings is 1. The highest BCUT2D eigenvalue weighted by Crippen LogP contribution is 2.31. The van der Waals surface area contributed by atoms with Gasteiger partial charge in [-0.05, 0) is 17.5 Å². The summed E-state index contributed by atoms with van der Waals surface area (Å²) in [7, 11) is 0. The third-order valence-electron chi connectivity index (χ3n) is 2.86. The lowest BCUT2D eigenvalue weighted by atomic mass is 9.96. The second kappa shape index (κ2) is 6.42. The molecule has 0 radical (unpaired) electrons. The van der Waals surface area contributed by atoms with Crippen LogP contribution in [0, 0.1) is 23.2 Å². The number of rotatable bonds is 4. The van der Waals surface area contributed by atoms with Crippen LogP contribution in [-0.4, -0.2) is 5.91 Å². The van der Waals surface area contributed by atoms with Gasteiger partial charge < -0.3 is 5.32 Å². The molecule has 1 aromatic rings. The molecule has 6 heteroatoms. The van der Waals surface area contributed by atoms with Crippen LogP contribution in [0.1, 0.15) is 25.0 Å². The molecule has 1 unspecified atom stereocenters. The minimum atomic E-state index is -4.46. The molecule has 20 heavy (non-hydrogen) atoms. The maximum absolute atomic E-state index is 12.8. The Kier molecular flexibility index (Phi) is 5.14. The highest BCUT2D eigenvalue weighted by atomic mass is 19.4. The molecule has 0 aromatic heterocycles. The van der Waals surface area contributed by atoms with Crippen molar-refractivity contribution in [3.8, 4) is 6.07 Å². The first-order valence-electron chi connectivity index (χ1n) is 6.09. The Bertz CT molecular complexity index is 518. The zero-order chi connectivity index (χ0) is 15.3. The molecule has 0 aliphatic rings. The van der Waals surface area contributed by atoms with Crippen molar-refractivity contribution < 1.29 is 18.0 Å². The fraction of sp³-hybridized carbons (Fsp3) is 0.429. The minimum Gasteiger partial charge on any atom is -0.351 e. The zero-order valence-electron chi connectivity index (χ0n) is 11.2. The van der Waals surface area contributed by atoms with Crippen molar-refractivity contribution in [2.45, 2.75) is 26.6 Å². The molecule has 0 saturated carbocycles. The van der Waals surface area contributed by atoms with Crippen LogP contribution >= 0.6 is 0 Å². The van der Waals surface area contributed by atoms with Crippen molar-refractivity contribution >= 4 is 5.91 Å². The standard InChI is InChI=1S/C14H15F3N2O/c1-9(2)11(7-18)13(20)19-8-10-5-3-4-6-12(10)14(15,16)17/h3-6,9,11H,8H2,1-2H3,(H,19,20). The zero-order valence-corrected chi connectivity index (χ0v) is 11.2. The molecule has 0 heterocycles. The number of alkyl halides is 3. The first-order valence-corrected chi connectivity index (χ1v) is 6.09. The average Bonchev–Trinajstić information content (AvgIpc) is 2.36. The summed E-state index contributed by atoms with van der Waals surface area (Å²) in [5.41, 5.74) is -0.799. The van der Waals surface area contributed by atoms with Crippen LogP contribution in [0.25, 0.3) is 0 Å². The lowest BCUT2D eigenvalue weighted by molar-refractivity contribution is -0.138. The molecule has 108 valence electrons. The number of carbonyl (C=O) groups excluding carboxylic acids is 1. The average molecular weight is 284 g/mol. The molecule has 3 nitrogen and oxygen atoms in total. The normalized spacial score (nSPS) is 12.8. The Balaban J connectivity index is 2.82. The van der Waals surface area contributed by atoms with E-state index >= 15 is 0 Å². The molecule has 0 spiro atoms. The smallest absolute Gasteiger partial charge is 0.351 e. The molecular formula is C14H15F3N2O. The quantitative estimate of drug-likeness (QED) is 0.923. The van der Waals surface area contributed by atoms with Crippen LogP contribution in [0.3, 0.4) is 0 Å². The Morgan fingerprint density at radius 2 is 1.95 bits per heavy atom. The van der Waals surface area contributed by atoms with Gasteiger partial charge in [-0.25, -0.2) is 0 Å². The van der Waals surface area contributed by atoms with Crippen LogP contribution in [-0.2, 0) is 17.5 Å². The molecule has 0 fully saturated rings. The van der Waals surface area contributed by atoms with E-state index < -0.39 is 23.6 Å². The van der Waals surface area contributed by atoms with E-state index in [1.807, 2.05) is 6.07 Å². The van der Waals surface area contributed by atoms with Crippen molar-refractivity contribution in [3.05, 3.63) is 35.4 Å². The molecule has 1 amide bonds. The topological polar surface area (TPSA) is 52.9 Å². The predicted octanol–water partition coefficient (Wildman–Crippen LogP) is 3.12. The molecule has 1 N–H and O–H groups in total. The van der Waals surface area contributed by atoms with Crippen molar-refractivity contribution in [1.29, 1.82) is 5.26 Å². The number of nitriles is 1. The Morgan fingerprint density at radius 1 is 1.35 bits per heavy atom. The van der Waals surface area contributed by atoms with E-state index in [1.54, 1.807) is 13.8 Å². The molecule has 0 saturated heterocycles. The molecular weight excluding hydrogens is 269 g/mol. The Labute approximate surface area is 115 Å². The summed E-state index contributed by atoms with van der Waals surface area (Å²) in [5, 5.41) is 11.2. The maximum Gasteiger partial charge on any atom is 0.416 e. The van der Waals surface area contributed by atoms with Gasteiger partial charge in [-0.3, -0.25) is 4.79 Å². The number of nitrogens with one attached hydrogen (secondary N) is 1. The molecule has 0 aliphatic heterocycles. The lowest BCUT2D eigenvalue weighted by Crippen LogP contribution is -2.32. The molecule has 0 aliphatic carbocycles. The first kappa shape index (κ1) is 16.0. The van der Waals surface area contributed by atoms with Crippen LogP contribution in [0.4, 0.5) is 13.2 Å². The summed E-state index contributed by atoms with van der Waals surface area (Å²) in [4.78, 5) is 11.7. The van der Waals surface area contributed by atoms with Crippen LogP contribution < -0.4 is 5.32 Å². The number of hydrogen-bond donors (Lipinski definition) is 1. The van der Waals surface area contributed by atoms with E-state index in [-0.39, 0.29) is 18.0 Å². The predicted molar refractivity (Wildman–Crippen MR) is 67.2 cm³/mol. The van der Waals surface area contributed by atoms with Gasteiger partial charge in [0.15, 0.2) is 0 Å². The molecule has 1 rings (SSSR count). The molecule has 1 atom stereocenters. The van der Waals surface area contributed by atoms with Gasteiger partial charge in [0.2, 0.25) is 5.91 Å². The molecule has 1 aromatic carbocycles. The Hall–Kier alpha value is -2.03. The van der Waals surface area contributed by atoms with Gasteiger partial charge in [-0.15, -0.1) is 0 Å². The summed E-state index contributed by atoms with van der Waals surface area (Å²) in [6, 6.07) is 6.88. The maximum atomic E-state index is 12.8. The van der Waals surface area contributed by atoms with E-state index in [0.29, 0.717) is 0 Å². The van der Waals surface area contributed by atoms with E-state index in [2.05, 4.69) is 5.32 Å². The lowest BCUT2D eigenvalue weighted by Gasteiger charge is -2.16. The fourth-order valence-electron chi connectivity index (χ4n) is 1.75. The van der Waals surface area contributed by atoms with Crippen LogP contribution in [0.15, 0.2) is 24.3 Å². The highest BCUT2D eigenvalue weighted by molar-refractivity contribution is 5.81. The SMILES string of the molecule is CC(C)C(C#N)C(=O)NCc1ccccc1C(F)(F)F. The van der Waals surface area contributed by atoms with Gasteiger partial charge in [-0.2, -0.15) is 18.4 Å². The van der Waals surface area contributed by atoms with E-state index in [1.165, 1.54) is 18.2 Å². The van der Waals surface area contributed by atoms with Gasteiger partial charge >= 0.3 is 6.18 Å². The van der Waals surface area contributed by atoms with E-state index in [0.717, 1.165) is 6.07 Å².